The smallest absolute Gasteiger partial charge is 0.312 e. The van der Waals surface area contributed by atoms with Gasteiger partial charge >= 0.3 is 6.03 Å². The maximum atomic E-state index is 12.0. The lowest BCUT2D eigenvalue weighted by Gasteiger charge is -2.37. The maximum absolute atomic E-state index is 12.0. The van der Waals surface area contributed by atoms with E-state index in [9.17, 15) is 14.7 Å². The third-order valence-electron chi connectivity index (χ3n) is 3.67. The van der Waals surface area contributed by atoms with Crippen LogP contribution in [0.25, 0.3) is 0 Å². The van der Waals surface area contributed by atoms with Gasteiger partial charge in [-0.15, -0.1) is 0 Å². The normalized spacial score (nSPS) is 20.4. The van der Waals surface area contributed by atoms with Gasteiger partial charge in [-0.2, -0.15) is 0 Å². The molecule has 3 amide bonds. The van der Waals surface area contributed by atoms with Gasteiger partial charge in [0, 0.05) is 6.54 Å². The monoisotopic (exact) mass is 257 g/mol. The Bertz CT molecular complexity index is 316. The summed E-state index contributed by atoms with van der Waals surface area (Å²) in [4.78, 5) is 22.9. The standard InChI is InChI=1S/C12H23N3O3/c1-3-8(2)9(15-11(13)17)10(16)14-7-12(18)5-4-6-12/h8-9,18H,3-7H2,1-2H3,(H,14,16)(H3,13,15,17). The molecular formula is C12H23N3O3. The second kappa shape index (κ2) is 6.04. The summed E-state index contributed by atoms with van der Waals surface area (Å²) in [5.41, 5.74) is 4.30. The van der Waals surface area contributed by atoms with Crippen LogP contribution in [0.1, 0.15) is 39.5 Å². The average Bonchev–Trinajstić information content (AvgIpc) is 2.29. The van der Waals surface area contributed by atoms with Crippen molar-refractivity contribution in [1.29, 1.82) is 0 Å². The summed E-state index contributed by atoms with van der Waals surface area (Å²) in [7, 11) is 0. The van der Waals surface area contributed by atoms with Crippen molar-refractivity contribution in [3.8, 4) is 0 Å². The zero-order valence-electron chi connectivity index (χ0n) is 11.0. The van der Waals surface area contributed by atoms with Gasteiger partial charge in [0.15, 0.2) is 0 Å². The lowest BCUT2D eigenvalue weighted by atomic mass is 9.80. The van der Waals surface area contributed by atoms with Gasteiger partial charge in [-0.05, 0) is 25.2 Å². The highest BCUT2D eigenvalue weighted by Gasteiger charge is 2.35. The van der Waals surface area contributed by atoms with E-state index in [4.69, 9.17) is 5.73 Å². The van der Waals surface area contributed by atoms with Gasteiger partial charge in [-0.3, -0.25) is 4.79 Å². The van der Waals surface area contributed by atoms with Crippen LogP contribution in [0.15, 0.2) is 0 Å². The third-order valence-corrected chi connectivity index (χ3v) is 3.67. The van der Waals surface area contributed by atoms with E-state index in [-0.39, 0.29) is 18.4 Å². The molecule has 18 heavy (non-hydrogen) atoms. The number of hydrogen-bond donors (Lipinski definition) is 4. The maximum Gasteiger partial charge on any atom is 0.312 e. The van der Waals surface area contributed by atoms with Crippen molar-refractivity contribution < 1.29 is 14.7 Å². The molecule has 1 aliphatic carbocycles. The molecule has 0 aromatic rings. The second-order valence-electron chi connectivity index (χ2n) is 5.17. The molecule has 1 rings (SSSR count). The van der Waals surface area contributed by atoms with Crippen LogP contribution in [-0.2, 0) is 4.79 Å². The number of rotatable bonds is 6. The average molecular weight is 257 g/mol. The number of amides is 3. The molecule has 104 valence electrons. The van der Waals surface area contributed by atoms with E-state index in [2.05, 4.69) is 10.6 Å². The van der Waals surface area contributed by atoms with E-state index in [0.29, 0.717) is 12.8 Å². The second-order valence-corrected chi connectivity index (χ2v) is 5.17. The van der Waals surface area contributed by atoms with Crippen LogP contribution in [-0.4, -0.2) is 35.2 Å². The number of primary amides is 1. The molecule has 0 bridgehead atoms. The minimum absolute atomic E-state index is 0.00599. The van der Waals surface area contributed by atoms with Crippen LogP contribution in [0, 0.1) is 5.92 Å². The molecule has 0 radical (unpaired) electrons. The van der Waals surface area contributed by atoms with Crippen molar-refractivity contribution >= 4 is 11.9 Å². The summed E-state index contributed by atoms with van der Waals surface area (Å²) in [5, 5.41) is 15.0. The number of nitrogens with two attached hydrogens (primary N) is 1. The molecule has 0 aromatic heterocycles. The molecule has 1 fully saturated rings. The van der Waals surface area contributed by atoms with Gasteiger partial charge < -0.3 is 21.5 Å². The molecule has 2 atom stereocenters. The van der Waals surface area contributed by atoms with Crippen molar-refractivity contribution in [2.24, 2.45) is 11.7 Å². The summed E-state index contributed by atoms with van der Waals surface area (Å²) in [6.45, 7) is 4.05. The van der Waals surface area contributed by atoms with Crippen molar-refractivity contribution in [3.05, 3.63) is 0 Å². The van der Waals surface area contributed by atoms with Crippen LogP contribution < -0.4 is 16.4 Å². The van der Waals surface area contributed by atoms with Crippen molar-refractivity contribution in [1.82, 2.24) is 10.6 Å². The molecule has 5 N–H and O–H groups in total. The molecule has 1 aliphatic rings. The summed E-state index contributed by atoms with van der Waals surface area (Å²) in [6, 6.07) is -1.35. The molecule has 0 spiro atoms. The molecule has 2 unspecified atom stereocenters. The predicted octanol–water partition coefficient (Wildman–Crippen LogP) is 0.101. The fourth-order valence-electron chi connectivity index (χ4n) is 1.98. The van der Waals surface area contributed by atoms with E-state index in [1.165, 1.54) is 0 Å². The first kappa shape index (κ1) is 14.8. The van der Waals surface area contributed by atoms with E-state index < -0.39 is 17.7 Å². The predicted molar refractivity (Wildman–Crippen MR) is 67.8 cm³/mol. The quantitative estimate of drug-likeness (QED) is 0.542. The minimum atomic E-state index is -0.762. The van der Waals surface area contributed by atoms with E-state index in [0.717, 1.165) is 12.8 Å². The Kier molecular flexibility index (Phi) is 4.95. The topological polar surface area (TPSA) is 104 Å². The van der Waals surface area contributed by atoms with Crippen LogP contribution in [0.4, 0.5) is 4.79 Å². The minimum Gasteiger partial charge on any atom is -0.388 e. The Hall–Kier alpha value is -1.30. The highest BCUT2D eigenvalue weighted by molar-refractivity contribution is 5.86. The first-order valence-electron chi connectivity index (χ1n) is 6.44. The molecule has 0 aromatic carbocycles. The molecule has 0 aliphatic heterocycles. The highest BCUT2D eigenvalue weighted by Crippen LogP contribution is 2.30. The number of hydrogen-bond acceptors (Lipinski definition) is 3. The lowest BCUT2D eigenvalue weighted by molar-refractivity contribution is -0.126. The van der Waals surface area contributed by atoms with Gasteiger partial charge in [0.05, 0.1) is 5.60 Å². The summed E-state index contributed by atoms with van der Waals surface area (Å²) >= 11 is 0. The van der Waals surface area contributed by atoms with Crippen LogP contribution in [0.5, 0.6) is 0 Å². The van der Waals surface area contributed by atoms with Crippen molar-refractivity contribution in [3.63, 3.8) is 0 Å². The van der Waals surface area contributed by atoms with Gasteiger partial charge in [0.25, 0.3) is 0 Å². The van der Waals surface area contributed by atoms with E-state index in [1.807, 2.05) is 13.8 Å². The highest BCUT2D eigenvalue weighted by atomic mass is 16.3. The Morgan fingerprint density at radius 2 is 2.06 bits per heavy atom. The molecular weight excluding hydrogens is 234 g/mol. The van der Waals surface area contributed by atoms with Crippen LogP contribution in [0.2, 0.25) is 0 Å². The third kappa shape index (κ3) is 3.87. The van der Waals surface area contributed by atoms with Crippen molar-refractivity contribution in [2.45, 2.75) is 51.2 Å². The van der Waals surface area contributed by atoms with Gasteiger partial charge in [-0.1, -0.05) is 20.3 Å². The Balaban J connectivity index is 2.50. The number of aliphatic hydroxyl groups is 1. The fourth-order valence-corrected chi connectivity index (χ4v) is 1.98. The Morgan fingerprint density at radius 3 is 2.44 bits per heavy atom. The molecule has 6 nitrogen and oxygen atoms in total. The SMILES string of the molecule is CCC(C)C(NC(N)=O)C(=O)NCC1(O)CCC1. The molecule has 0 heterocycles. The largest absolute Gasteiger partial charge is 0.388 e. The number of carbonyl (C=O) groups excluding carboxylic acids is 2. The van der Waals surface area contributed by atoms with Crippen LogP contribution >= 0.6 is 0 Å². The Labute approximate surface area is 107 Å². The first-order valence-corrected chi connectivity index (χ1v) is 6.44. The lowest BCUT2D eigenvalue weighted by Crippen LogP contribution is -2.55. The van der Waals surface area contributed by atoms with Gasteiger partial charge in [0.2, 0.25) is 5.91 Å². The summed E-state index contributed by atoms with van der Waals surface area (Å²) in [5.74, 6) is -0.294. The number of urea groups is 1. The zero-order chi connectivity index (χ0) is 13.8. The van der Waals surface area contributed by atoms with Crippen molar-refractivity contribution in [2.75, 3.05) is 6.54 Å². The molecule has 1 saturated carbocycles. The molecule has 6 heteroatoms. The van der Waals surface area contributed by atoms with Gasteiger partial charge in [0.1, 0.15) is 6.04 Å². The fraction of sp³-hybridized carbons (Fsp3) is 0.833. The number of carbonyl (C=O) groups is 2. The zero-order valence-corrected chi connectivity index (χ0v) is 11.0. The van der Waals surface area contributed by atoms with Gasteiger partial charge in [-0.25, -0.2) is 4.79 Å². The Morgan fingerprint density at radius 1 is 1.44 bits per heavy atom. The first-order chi connectivity index (χ1) is 8.38. The van der Waals surface area contributed by atoms with E-state index in [1.54, 1.807) is 0 Å². The van der Waals surface area contributed by atoms with Crippen LogP contribution in [0.3, 0.4) is 0 Å². The summed E-state index contributed by atoms with van der Waals surface area (Å²) in [6.07, 6.45) is 3.17. The summed E-state index contributed by atoms with van der Waals surface area (Å²) < 4.78 is 0. The number of nitrogens with one attached hydrogen (secondary N) is 2. The van der Waals surface area contributed by atoms with E-state index >= 15 is 0 Å². The molecule has 0 saturated heterocycles.